The molecule has 0 atom stereocenters. The summed E-state index contributed by atoms with van der Waals surface area (Å²) in [5, 5.41) is 14.9. The molecule has 0 unspecified atom stereocenters. The molecule has 0 bridgehead atoms. The fourth-order valence-electron chi connectivity index (χ4n) is 1.37. The number of anilines is 1. The third-order valence-corrected chi connectivity index (χ3v) is 2.64. The van der Waals surface area contributed by atoms with E-state index in [2.05, 4.69) is 15.6 Å². The number of halogens is 1. The molecular formula is C14H17ClN4O2. The number of nitriles is 1. The van der Waals surface area contributed by atoms with Crippen LogP contribution in [0.2, 0.25) is 5.02 Å². The van der Waals surface area contributed by atoms with Gasteiger partial charge >= 0.3 is 0 Å². The van der Waals surface area contributed by atoms with E-state index in [4.69, 9.17) is 21.6 Å². The largest absolute Gasteiger partial charge is 0.382 e. The molecule has 7 heteroatoms. The van der Waals surface area contributed by atoms with Gasteiger partial charge in [0.25, 0.3) is 5.91 Å². The number of hydrogen-bond donors (Lipinski definition) is 2. The molecule has 2 N–H and O–H groups in total. The molecule has 0 saturated heterocycles. The van der Waals surface area contributed by atoms with Crippen LogP contribution < -0.4 is 10.6 Å². The molecule has 112 valence electrons. The quantitative estimate of drug-likeness (QED) is 0.436. The minimum Gasteiger partial charge on any atom is -0.382 e. The van der Waals surface area contributed by atoms with Gasteiger partial charge in [0, 0.05) is 32.2 Å². The van der Waals surface area contributed by atoms with Crippen molar-refractivity contribution < 1.29 is 9.53 Å². The minimum atomic E-state index is -0.435. The van der Waals surface area contributed by atoms with Crippen LogP contribution >= 0.6 is 11.6 Å². The lowest BCUT2D eigenvalue weighted by molar-refractivity contribution is -0.117. The average Bonchev–Trinajstić information content (AvgIpc) is 2.49. The highest BCUT2D eigenvalue weighted by Crippen LogP contribution is 2.09. The van der Waals surface area contributed by atoms with Crippen LogP contribution in [0.25, 0.3) is 0 Å². The number of carbonyl (C=O) groups excluding carboxylic acids is 1. The number of nitrogens with one attached hydrogen (secondary N) is 2. The first-order chi connectivity index (χ1) is 10.2. The monoisotopic (exact) mass is 308 g/mol. The first kappa shape index (κ1) is 17.0. The molecule has 1 amide bonds. The second-order valence-corrected chi connectivity index (χ2v) is 4.42. The molecule has 1 aromatic heterocycles. The Morgan fingerprint density at radius 3 is 3.00 bits per heavy atom. The number of amides is 1. The van der Waals surface area contributed by atoms with Crippen molar-refractivity contribution in [2.75, 3.05) is 25.1 Å². The van der Waals surface area contributed by atoms with Crippen molar-refractivity contribution in [3.05, 3.63) is 35.1 Å². The summed E-state index contributed by atoms with van der Waals surface area (Å²) in [4.78, 5) is 15.8. The summed E-state index contributed by atoms with van der Waals surface area (Å²) in [5.41, 5.74) is -0.0249. The molecule has 1 aromatic rings. The van der Waals surface area contributed by atoms with Crippen molar-refractivity contribution in [2.45, 2.75) is 13.3 Å². The van der Waals surface area contributed by atoms with Crippen molar-refractivity contribution in [3.63, 3.8) is 0 Å². The SMILES string of the molecule is CCOCCCNC(=O)/C(C#N)=C\Nc1ccc(Cl)cn1. The van der Waals surface area contributed by atoms with Crippen molar-refractivity contribution in [1.82, 2.24) is 10.3 Å². The Balaban J connectivity index is 2.45. The van der Waals surface area contributed by atoms with Crippen LogP contribution in [0.5, 0.6) is 0 Å². The Hall–Kier alpha value is -2.10. The summed E-state index contributed by atoms with van der Waals surface area (Å²) in [5.74, 6) is 0.0618. The van der Waals surface area contributed by atoms with Gasteiger partial charge in [-0.3, -0.25) is 4.79 Å². The van der Waals surface area contributed by atoms with Gasteiger partial charge in [-0.05, 0) is 25.5 Å². The summed E-state index contributed by atoms with van der Waals surface area (Å²) in [6.45, 7) is 3.59. The van der Waals surface area contributed by atoms with Gasteiger partial charge in [0.1, 0.15) is 17.5 Å². The number of nitrogens with zero attached hydrogens (tertiary/aromatic N) is 2. The molecule has 21 heavy (non-hydrogen) atoms. The molecule has 1 rings (SSSR count). The zero-order valence-corrected chi connectivity index (χ0v) is 12.5. The van der Waals surface area contributed by atoms with Gasteiger partial charge in [0.15, 0.2) is 0 Å². The third kappa shape index (κ3) is 6.75. The van der Waals surface area contributed by atoms with E-state index in [0.717, 1.165) is 0 Å². The highest BCUT2D eigenvalue weighted by Gasteiger charge is 2.07. The van der Waals surface area contributed by atoms with E-state index in [-0.39, 0.29) is 5.57 Å². The molecular weight excluding hydrogens is 292 g/mol. The summed E-state index contributed by atoms with van der Waals surface area (Å²) in [6, 6.07) is 5.14. The van der Waals surface area contributed by atoms with Crippen molar-refractivity contribution in [3.8, 4) is 6.07 Å². The van der Waals surface area contributed by atoms with Crippen LogP contribution in [-0.2, 0) is 9.53 Å². The lowest BCUT2D eigenvalue weighted by atomic mass is 10.3. The minimum absolute atomic E-state index is 0.0249. The number of carbonyl (C=O) groups is 1. The predicted octanol–water partition coefficient (Wildman–Crippen LogP) is 2.10. The number of rotatable bonds is 8. The smallest absolute Gasteiger partial charge is 0.263 e. The molecule has 0 aliphatic rings. The summed E-state index contributed by atoms with van der Waals surface area (Å²) in [7, 11) is 0. The maximum Gasteiger partial charge on any atom is 0.263 e. The fraction of sp³-hybridized carbons (Fsp3) is 0.357. The Morgan fingerprint density at radius 2 is 2.38 bits per heavy atom. The molecule has 0 spiro atoms. The van der Waals surface area contributed by atoms with Gasteiger partial charge in [-0.25, -0.2) is 4.98 Å². The Morgan fingerprint density at radius 1 is 1.57 bits per heavy atom. The molecule has 0 aliphatic carbocycles. The molecule has 0 saturated carbocycles. The third-order valence-electron chi connectivity index (χ3n) is 2.41. The van der Waals surface area contributed by atoms with Crippen LogP contribution in [0.4, 0.5) is 5.82 Å². The number of hydrogen-bond acceptors (Lipinski definition) is 5. The van der Waals surface area contributed by atoms with Crippen LogP contribution in [0.1, 0.15) is 13.3 Å². The van der Waals surface area contributed by atoms with E-state index < -0.39 is 5.91 Å². The number of pyridine rings is 1. The van der Waals surface area contributed by atoms with Crippen molar-refractivity contribution in [1.29, 1.82) is 5.26 Å². The lowest BCUT2D eigenvalue weighted by Crippen LogP contribution is -2.26. The van der Waals surface area contributed by atoms with Crippen LogP contribution in [0.3, 0.4) is 0 Å². The standard InChI is InChI=1S/C14H17ClN4O2/c1-2-21-7-3-6-17-14(20)11(8-16)9-18-13-5-4-12(15)10-19-13/h4-5,9-10H,2-3,6-7H2,1H3,(H,17,20)(H,18,19)/b11-9-. The van der Waals surface area contributed by atoms with E-state index >= 15 is 0 Å². The highest BCUT2D eigenvalue weighted by molar-refractivity contribution is 6.30. The predicted molar refractivity (Wildman–Crippen MR) is 80.7 cm³/mol. The molecule has 0 radical (unpaired) electrons. The van der Waals surface area contributed by atoms with Gasteiger partial charge in [-0.15, -0.1) is 0 Å². The van der Waals surface area contributed by atoms with Gasteiger partial charge in [0.2, 0.25) is 0 Å². The van der Waals surface area contributed by atoms with Crippen molar-refractivity contribution in [2.24, 2.45) is 0 Å². The van der Waals surface area contributed by atoms with Crippen LogP contribution in [-0.4, -0.2) is 30.6 Å². The van der Waals surface area contributed by atoms with Crippen LogP contribution in [0.15, 0.2) is 30.1 Å². The van der Waals surface area contributed by atoms with Gasteiger partial charge < -0.3 is 15.4 Å². The Labute approximate surface area is 128 Å². The molecule has 1 heterocycles. The lowest BCUT2D eigenvalue weighted by Gasteiger charge is -2.05. The van der Waals surface area contributed by atoms with E-state index in [1.807, 2.05) is 13.0 Å². The molecule has 0 aromatic carbocycles. The van der Waals surface area contributed by atoms with Gasteiger partial charge in [-0.1, -0.05) is 11.6 Å². The summed E-state index contributed by atoms with van der Waals surface area (Å²) < 4.78 is 5.15. The van der Waals surface area contributed by atoms with E-state index in [1.54, 1.807) is 12.1 Å². The Kier molecular flexibility index (Phi) is 7.87. The first-order valence-corrected chi connectivity index (χ1v) is 6.89. The second-order valence-electron chi connectivity index (χ2n) is 3.98. The van der Waals surface area contributed by atoms with Gasteiger partial charge in [-0.2, -0.15) is 5.26 Å². The number of ether oxygens (including phenoxy) is 1. The molecule has 0 aliphatic heterocycles. The normalized spacial score (nSPS) is 10.8. The number of aromatic nitrogens is 1. The Bertz CT molecular complexity index is 523. The van der Waals surface area contributed by atoms with Crippen molar-refractivity contribution >= 4 is 23.3 Å². The van der Waals surface area contributed by atoms with Gasteiger partial charge in [0.05, 0.1) is 5.02 Å². The zero-order chi connectivity index (χ0) is 15.5. The van der Waals surface area contributed by atoms with E-state index in [9.17, 15) is 4.79 Å². The van der Waals surface area contributed by atoms with Crippen LogP contribution in [0, 0.1) is 11.3 Å². The van der Waals surface area contributed by atoms with E-state index in [1.165, 1.54) is 12.4 Å². The topological polar surface area (TPSA) is 87.0 Å². The fourth-order valence-corrected chi connectivity index (χ4v) is 1.48. The summed E-state index contributed by atoms with van der Waals surface area (Å²) >= 11 is 5.71. The molecule has 0 fully saturated rings. The van der Waals surface area contributed by atoms with E-state index in [0.29, 0.717) is 37.0 Å². The zero-order valence-electron chi connectivity index (χ0n) is 11.7. The average molecular weight is 309 g/mol. The maximum atomic E-state index is 11.8. The summed E-state index contributed by atoms with van der Waals surface area (Å²) in [6.07, 6.45) is 3.48. The first-order valence-electron chi connectivity index (χ1n) is 6.51. The highest BCUT2D eigenvalue weighted by atomic mass is 35.5. The second kappa shape index (κ2) is 9.75. The maximum absolute atomic E-state index is 11.8. The molecule has 6 nitrogen and oxygen atoms in total.